The molecular formula is C16H14IN5. The number of halogens is 1. The number of nitrogens with one attached hydrogen (secondary N) is 1. The molecule has 3 aromatic rings. The van der Waals surface area contributed by atoms with Crippen molar-refractivity contribution in [2.45, 2.75) is 18.5 Å². The van der Waals surface area contributed by atoms with Gasteiger partial charge >= 0.3 is 0 Å². The van der Waals surface area contributed by atoms with E-state index in [1.807, 2.05) is 10.7 Å². The summed E-state index contributed by atoms with van der Waals surface area (Å²) in [5.41, 5.74) is 2.50. The number of nitrogens with zero attached hydrogens (tertiary/aromatic N) is 4. The number of rotatable bonds is 2. The minimum absolute atomic E-state index is 0.148. The first-order valence-electron chi connectivity index (χ1n) is 7.16. The van der Waals surface area contributed by atoms with Crippen LogP contribution in [0.5, 0.6) is 0 Å². The van der Waals surface area contributed by atoms with Crippen LogP contribution in [0.4, 0.5) is 5.95 Å². The quantitative estimate of drug-likeness (QED) is 0.667. The van der Waals surface area contributed by atoms with E-state index in [1.165, 1.54) is 14.7 Å². The van der Waals surface area contributed by atoms with Crippen molar-refractivity contribution in [2.24, 2.45) is 0 Å². The van der Waals surface area contributed by atoms with Crippen molar-refractivity contribution >= 4 is 28.5 Å². The number of aromatic nitrogens is 4. The number of hydrogen-bond donors (Lipinski definition) is 1. The molecular weight excluding hydrogens is 389 g/mol. The van der Waals surface area contributed by atoms with Gasteiger partial charge in [-0.2, -0.15) is 0 Å². The average molecular weight is 403 g/mol. The van der Waals surface area contributed by atoms with Gasteiger partial charge < -0.3 is 5.32 Å². The Morgan fingerprint density at radius 2 is 1.86 bits per heavy atom. The van der Waals surface area contributed by atoms with Gasteiger partial charge in [0.1, 0.15) is 0 Å². The Morgan fingerprint density at radius 1 is 1.05 bits per heavy atom. The van der Waals surface area contributed by atoms with Crippen molar-refractivity contribution in [2.75, 3.05) is 5.32 Å². The van der Waals surface area contributed by atoms with Crippen LogP contribution < -0.4 is 5.32 Å². The summed E-state index contributed by atoms with van der Waals surface area (Å²) >= 11 is 2.34. The third kappa shape index (κ3) is 2.47. The smallest absolute Gasteiger partial charge is 0.243 e. The van der Waals surface area contributed by atoms with Crippen LogP contribution in [0.15, 0.2) is 54.6 Å². The third-order valence-electron chi connectivity index (χ3n) is 3.99. The molecule has 1 N–H and O–H groups in total. The molecule has 0 fully saturated rings. The lowest BCUT2D eigenvalue weighted by atomic mass is 9.93. The van der Waals surface area contributed by atoms with Gasteiger partial charge in [0.05, 0.1) is 12.1 Å². The topological polar surface area (TPSA) is 55.6 Å². The first-order valence-corrected chi connectivity index (χ1v) is 8.24. The van der Waals surface area contributed by atoms with E-state index >= 15 is 0 Å². The number of benzene rings is 2. The molecule has 0 amide bonds. The van der Waals surface area contributed by atoms with Gasteiger partial charge in [0.25, 0.3) is 0 Å². The zero-order valence-electron chi connectivity index (χ0n) is 11.7. The molecule has 1 aliphatic heterocycles. The monoisotopic (exact) mass is 403 g/mol. The van der Waals surface area contributed by atoms with Crippen LogP contribution in [-0.2, 0) is 0 Å². The molecule has 110 valence electrons. The first-order chi connectivity index (χ1) is 10.8. The second kappa shape index (κ2) is 5.68. The van der Waals surface area contributed by atoms with Crippen molar-refractivity contribution < 1.29 is 0 Å². The maximum absolute atomic E-state index is 4.15. The summed E-state index contributed by atoms with van der Waals surface area (Å²) in [4.78, 5) is 0. The van der Waals surface area contributed by atoms with Gasteiger partial charge in [0.15, 0.2) is 0 Å². The van der Waals surface area contributed by atoms with Gasteiger partial charge in [-0.05, 0) is 62.7 Å². The van der Waals surface area contributed by atoms with Crippen molar-refractivity contribution in [1.29, 1.82) is 0 Å². The molecule has 0 saturated carbocycles. The Balaban J connectivity index is 1.74. The molecule has 22 heavy (non-hydrogen) atoms. The Bertz CT molecular complexity index is 786. The van der Waals surface area contributed by atoms with Crippen LogP contribution in [0.2, 0.25) is 0 Å². The molecule has 2 heterocycles. The number of anilines is 1. The minimum atomic E-state index is 0.148. The lowest BCUT2D eigenvalue weighted by Gasteiger charge is -2.31. The molecule has 2 aromatic carbocycles. The van der Waals surface area contributed by atoms with E-state index in [1.54, 1.807) is 0 Å². The van der Waals surface area contributed by atoms with Crippen LogP contribution in [0.25, 0.3) is 0 Å². The molecule has 5 nitrogen and oxygen atoms in total. The summed E-state index contributed by atoms with van der Waals surface area (Å²) in [6.45, 7) is 0. The van der Waals surface area contributed by atoms with Crippen molar-refractivity contribution in [3.8, 4) is 0 Å². The molecule has 0 spiro atoms. The summed E-state index contributed by atoms with van der Waals surface area (Å²) in [6, 6.07) is 19.3. The van der Waals surface area contributed by atoms with Gasteiger partial charge in [-0.15, -0.1) is 0 Å². The predicted octanol–water partition coefficient (Wildman–Crippen LogP) is 3.42. The van der Waals surface area contributed by atoms with Crippen LogP contribution in [0.3, 0.4) is 0 Å². The van der Waals surface area contributed by atoms with Gasteiger partial charge in [0.2, 0.25) is 5.95 Å². The largest absolute Gasteiger partial charge is 0.346 e. The normalized spacial score (nSPS) is 20.2. The highest BCUT2D eigenvalue weighted by molar-refractivity contribution is 14.1. The average Bonchev–Trinajstić information content (AvgIpc) is 3.03. The van der Waals surface area contributed by atoms with Gasteiger partial charge in [-0.25, -0.2) is 4.68 Å². The molecule has 4 rings (SSSR count). The highest BCUT2D eigenvalue weighted by atomic mass is 127. The predicted molar refractivity (Wildman–Crippen MR) is 92.5 cm³/mol. The van der Waals surface area contributed by atoms with Crippen LogP contribution in [0.1, 0.15) is 29.6 Å². The van der Waals surface area contributed by atoms with Crippen LogP contribution in [0, 0.1) is 3.57 Å². The van der Waals surface area contributed by atoms with E-state index in [0.29, 0.717) is 0 Å². The Morgan fingerprint density at radius 3 is 2.68 bits per heavy atom. The lowest BCUT2D eigenvalue weighted by molar-refractivity contribution is 0.423. The molecule has 0 radical (unpaired) electrons. The Hall–Kier alpha value is -1.96. The summed E-state index contributed by atoms with van der Waals surface area (Å²) in [5.74, 6) is 0.726. The van der Waals surface area contributed by atoms with Crippen LogP contribution >= 0.6 is 22.6 Å². The Labute approximate surface area is 141 Å². The van der Waals surface area contributed by atoms with E-state index in [9.17, 15) is 0 Å². The third-order valence-corrected chi connectivity index (χ3v) is 4.66. The molecule has 1 aliphatic rings. The molecule has 0 bridgehead atoms. The molecule has 0 aliphatic carbocycles. The van der Waals surface area contributed by atoms with E-state index in [4.69, 9.17) is 0 Å². The highest BCUT2D eigenvalue weighted by Crippen LogP contribution is 2.37. The fraction of sp³-hybridized carbons (Fsp3) is 0.188. The molecule has 6 heteroatoms. The standard InChI is InChI=1S/C16H14IN5/c17-13-8-4-7-12(9-13)14-10-15(11-5-2-1-3-6-11)22-16(18-14)19-20-21-22/h1-9,14-15H,10H2,(H,18,19,21)/t14-,15+/m0/s1. The first kappa shape index (κ1) is 13.7. The second-order valence-corrected chi connectivity index (χ2v) is 6.61. The minimum Gasteiger partial charge on any atom is -0.346 e. The summed E-state index contributed by atoms with van der Waals surface area (Å²) < 4.78 is 3.11. The summed E-state index contributed by atoms with van der Waals surface area (Å²) in [7, 11) is 0. The SMILES string of the molecule is Ic1cccc([C@@H]2C[C@H](c3ccccc3)n3nnnc3N2)c1. The number of fused-ring (bicyclic) bond motifs is 1. The van der Waals surface area contributed by atoms with E-state index in [2.05, 4.69) is 92.0 Å². The summed E-state index contributed by atoms with van der Waals surface area (Å²) in [6.07, 6.45) is 0.919. The van der Waals surface area contributed by atoms with Gasteiger partial charge in [-0.3, -0.25) is 0 Å². The van der Waals surface area contributed by atoms with Crippen molar-refractivity contribution in [3.05, 3.63) is 69.3 Å². The van der Waals surface area contributed by atoms with E-state index in [0.717, 1.165) is 12.4 Å². The molecule has 0 unspecified atom stereocenters. The highest BCUT2D eigenvalue weighted by Gasteiger charge is 2.30. The molecule has 2 atom stereocenters. The van der Waals surface area contributed by atoms with Crippen LogP contribution in [-0.4, -0.2) is 20.2 Å². The van der Waals surface area contributed by atoms with Crippen molar-refractivity contribution in [1.82, 2.24) is 20.2 Å². The fourth-order valence-electron chi connectivity index (χ4n) is 2.93. The maximum Gasteiger partial charge on any atom is 0.243 e. The molecule has 1 aromatic heterocycles. The summed E-state index contributed by atoms with van der Waals surface area (Å²) in [5, 5.41) is 15.5. The van der Waals surface area contributed by atoms with E-state index in [-0.39, 0.29) is 12.1 Å². The maximum atomic E-state index is 4.15. The number of tetrazole rings is 1. The number of hydrogen-bond acceptors (Lipinski definition) is 4. The molecule has 0 saturated heterocycles. The van der Waals surface area contributed by atoms with Crippen molar-refractivity contribution in [3.63, 3.8) is 0 Å². The lowest BCUT2D eigenvalue weighted by Crippen LogP contribution is -2.28. The zero-order chi connectivity index (χ0) is 14.9. The zero-order valence-corrected chi connectivity index (χ0v) is 13.9. The van der Waals surface area contributed by atoms with E-state index < -0.39 is 0 Å². The van der Waals surface area contributed by atoms with Gasteiger partial charge in [-0.1, -0.05) is 47.6 Å². The van der Waals surface area contributed by atoms with Gasteiger partial charge in [0, 0.05) is 3.57 Å². The fourth-order valence-corrected chi connectivity index (χ4v) is 3.50. The Kier molecular flexibility index (Phi) is 3.53. The second-order valence-electron chi connectivity index (χ2n) is 5.36.